The Kier molecular flexibility index (Phi) is 5.42. The van der Waals surface area contributed by atoms with E-state index in [2.05, 4.69) is 49.0 Å². The van der Waals surface area contributed by atoms with E-state index in [0.717, 1.165) is 22.0 Å². The molecule has 2 rings (SSSR count). The summed E-state index contributed by atoms with van der Waals surface area (Å²) in [5.41, 5.74) is 0.676. The second kappa shape index (κ2) is 6.86. The standard InChI is InChI=1S/C14H18Br2N2O/c1-10(18-4-2-3-5-18)9-17-14(19)11-6-12(15)8-13(16)7-11/h6-8,10H,2-5,9H2,1H3,(H,17,19). The minimum Gasteiger partial charge on any atom is -0.350 e. The highest BCUT2D eigenvalue weighted by atomic mass is 79.9. The molecule has 0 radical (unpaired) electrons. The van der Waals surface area contributed by atoms with Gasteiger partial charge in [0.15, 0.2) is 0 Å². The Morgan fingerprint density at radius 3 is 2.42 bits per heavy atom. The summed E-state index contributed by atoms with van der Waals surface area (Å²) < 4.78 is 1.80. The summed E-state index contributed by atoms with van der Waals surface area (Å²) in [6.07, 6.45) is 2.55. The Balaban J connectivity index is 1.89. The van der Waals surface area contributed by atoms with Crippen molar-refractivity contribution in [3.63, 3.8) is 0 Å². The monoisotopic (exact) mass is 388 g/mol. The molecule has 1 fully saturated rings. The molecule has 1 aromatic rings. The number of carbonyl (C=O) groups excluding carboxylic acids is 1. The number of hydrogen-bond donors (Lipinski definition) is 1. The molecule has 1 heterocycles. The van der Waals surface area contributed by atoms with Crippen molar-refractivity contribution < 1.29 is 4.79 Å². The molecule has 0 bridgehead atoms. The van der Waals surface area contributed by atoms with Gasteiger partial charge in [0.1, 0.15) is 0 Å². The van der Waals surface area contributed by atoms with Crippen LogP contribution in [0.15, 0.2) is 27.1 Å². The number of halogens is 2. The fraction of sp³-hybridized carbons (Fsp3) is 0.500. The van der Waals surface area contributed by atoms with E-state index in [4.69, 9.17) is 0 Å². The molecule has 1 aromatic carbocycles. The number of benzene rings is 1. The minimum absolute atomic E-state index is 0.0203. The van der Waals surface area contributed by atoms with Crippen molar-refractivity contribution in [1.29, 1.82) is 0 Å². The van der Waals surface area contributed by atoms with Crippen molar-refractivity contribution in [2.75, 3.05) is 19.6 Å². The second-order valence-electron chi connectivity index (χ2n) is 4.96. The molecule has 1 unspecified atom stereocenters. The van der Waals surface area contributed by atoms with Crippen molar-refractivity contribution in [3.05, 3.63) is 32.7 Å². The van der Waals surface area contributed by atoms with E-state index in [1.54, 1.807) is 0 Å². The summed E-state index contributed by atoms with van der Waals surface area (Å²) in [6, 6.07) is 5.99. The zero-order valence-electron chi connectivity index (χ0n) is 11.0. The maximum absolute atomic E-state index is 12.1. The van der Waals surface area contributed by atoms with Crippen LogP contribution in [0.1, 0.15) is 30.1 Å². The van der Waals surface area contributed by atoms with Crippen LogP contribution in [0, 0.1) is 0 Å². The predicted molar refractivity (Wildman–Crippen MR) is 84.4 cm³/mol. The summed E-state index contributed by atoms with van der Waals surface area (Å²) in [5, 5.41) is 3.01. The normalized spacial score (nSPS) is 17.4. The van der Waals surface area contributed by atoms with Gasteiger partial charge in [-0.15, -0.1) is 0 Å². The lowest BCUT2D eigenvalue weighted by Crippen LogP contribution is -2.40. The average molecular weight is 390 g/mol. The first kappa shape index (κ1) is 15.0. The number of likely N-dealkylation sites (tertiary alicyclic amines) is 1. The van der Waals surface area contributed by atoms with E-state index in [-0.39, 0.29) is 5.91 Å². The Morgan fingerprint density at radius 1 is 1.26 bits per heavy atom. The number of carbonyl (C=O) groups is 1. The molecule has 104 valence electrons. The number of hydrogen-bond acceptors (Lipinski definition) is 2. The topological polar surface area (TPSA) is 32.3 Å². The van der Waals surface area contributed by atoms with E-state index in [0.29, 0.717) is 18.2 Å². The van der Waals surface area contributed by atoms with Crippen LogP contribution in [0.2, 0.25) is 0 Å². The van der Waals surface area contributed by atoms with E-state index in [1.165, 1.54) is 12.8 Å². The Morgan fingerprint density at radius 2 is 1.84 bits per heavy atom. The smallest absolute Gasteiger partial charge is 0.251 e. The molecule has 0 aliphatic carbocycles. The van der Waals surface area contributed by atoms with E-state index < -0.39 is 0 Å². The van der Waals surface area contributed by atoms with Crippen LogP contribution in [0.4, 0.5) is 0 Å². The SMILES string of the molecule is CC(CNC(=O)c1cc(Br)cc(Br)c1)N1CCCC1. The zero-order chi connectivity index (χ0) is 13.8. The van der Waals surface area contributed by atoms with E-state index in [1.807, 2.05) is 18.2 Å². The highest BCUT2D eigenvalue weighted by Crippen LogP contribution is 2.20. The second-order valence-corrected chi connectivity index (χ2v) is 6.79. The third-order valence-electron chi connectivity index (χ3n) is 3.45. The number of nitrogens with one attached hydrogen (secondary N) is 1. The van der Waals surface area contributed by atoms with Gasteiger partial charge in [0.25, 0.3) is 5.91 Å². The maximum atomic E-state index is 12.1. The van der Waals surface area contributed by atoms with Gasteiger partial charge in [0, 0.05) is 27.1 Å². The first-order valence-electron chi connectivity index (χ1n) is 6.54. The number of nitrogens with zero attached hydrogens (tertiary/aromatic N) is 1. The fourth-order valence-corrected chi connectivity index (χ4v) is 3.63. The Labute approximate surface area is 131 Å². The molecule has 0 aromatic heterocycles. The van der Waals surface area contributed by atoms with Crippen LogP contribution in [-0.4, -0.2) is 36.5 Å². The molecule has 1 N–H and O–H groups in total. The first-order chi connectivity index (χ1) is 9.06. The lowest BCUT2D eigenvalue weighted by atomic mass is 10.2. The molecule has 1 atom stereocenters. The molecule has 5 heteroatoms. The maximum Gasteiger partial charge on any atom is 0.251 e. The summed E-state index contributed by atoms with van der Waals surface area (Å²) in [5.74, 6) is -0.0203. The van der Waals surface area contributed by atoms with Crippen LogP contribution in [0.25, 0.3) is 0 Å². The third-order valence-corrected chi connectivity index (χ3v) is 4.36. The van der Waals surface area contributed by atoms with Gasteiger partial charge in [-0.05, 0) is 51.1 Å². The van der Waals surface area contributed by atoms with Crippen molar-refractivity contribution in [3.8, 4) is 0 Å². The summed E-state index contributed by atoms with van der Waals surface area (Å²) in [4.78, 5) is 14.5. The fourth-order valence-electron chi connectivity index (χ4n) is 2.34. The van der Waals surface area contributed by atoms with Gasteiger partial charge in [-0.25, -0.2) is 0 Å². The van der Waals surface area contributed by atoms with Crippen LogP contribution in [0.3, 0.4) is 0 Å². The predicted octanol–water partition coefficient (Wildman–Crippen LogP) is 3.43. The molecule has 1 saturated heterocycles. The third kappa shape index (κ3) is 4.29. The molecular formula is C14H18Br2N2O. The highest BCUT2D eigenvalue weighted by molar-refractivity contribution is 9.11. The van der Waals surface area contributed by atoms with Crippen LogP contribution in [0.5, 0.6) is 0 Å². The largest absolute Gasteiger partial charge is 0.350 e. The highest BCUT2D eigenvalue weighted by Gasteiger charge is 2.18. The van der Waals surface area contributed by atoms with Gasteiger partial charge < -0.3 is 5.32 Å². The van der Waals surface area contributed by atoms with Gasteiger partial charge in [-0.3, -0.25) is 9.69 Å². The molecule has 0 spiro atoms. The molecule has 19 heavy (non-hydrogen) atoms. The van der Waals surface area contributed by atoms with E-state index in [9.17, 15) is 4.79 Å². The van der Waals surface area contributed by atoms with Gasteiger partial charge >= 0.3 is 0 Å². The van der Waals surface area contributed by atoms with Crippen LogP contribution >= 0.6 is 31.9 Å². The Bertz CT molecular complexity index is 439. The summed E-state index contributed by atoms with van der Waals surface area (Å²) in [7, 11) is 0. The molecule has 0 saturated carbocycles. The molecule has 3 nitrogen and oxygen atoms in total. The van der Waals surface area contributed by atoms with Crippen molar-refractivity contribution in [2.45, 2.75) is 25.8 Å². The van der Waals surface area contributed by atoms with Crippen LogP contribution < -0.4 is 5.32 Å². The molecular weight excluding hydrogens is 372 g/mol. The molecule has 1 amide bonds. The van der Waals surface area contributed by atoms with Gasteiger partial charge in [-0.1, -0.05) is 31.9 Å². The van der Waals surface area contributed by atoms with Crippen LogP contribution in [-0.2, 0) is 0 Å². The van der Waals surface area contributed by atoms with Crippen molar-refractivity contribution in [1.82, 2.24) is 10.2 Å². The Hall–Kier alpha value is -0.390. The summed E-state index contributed by atoms with van der Waals surface area (Å²) in [6.45, 7) is 5.17. The number of rotatable bonds is 4. The lowest BCUT2D eigenvalue weighted by Gasteiger charge is -2.23. The van der Waals surface area contributed by atoms with Gasteiger partial charge in [-0.2, -0.15) is 0 Å². The van der Waals surface area contributed by atoms with Crippen molar-refractivity contribution >= 4 is 37.8 Å². The average Bonchev–Trinajstić information content (AvgIpc) is 2.88. The minimum atomic E-state index is -0.0203. The number of amides is 1. The van der Waals surface area contributed by atoms with Gasteiger partial charge in [0.2, 0.25) is 0 Å². The van der Waals surface area contributed by atoms with Gasteiger partial charge in [0.05, 0.1) is 0 Å². The molecule has 1 aliphatic heterocycles. The first-order valence-corrected chi connectivity index (χ1v) is 8.13. The lowest BCUT2D eigenvalue weighted by molar-refractivity contribution is 0.0940. The van der Waals surface area contributed by atoms with E-state index >= 15 is 0 Å². The zero-order valence-corrected chi connectivity index (χ0v) is 14.1. The quantitative estimate of drug-likeness (QED) is 0.855. The van der Waals surface area contributed by atoms with Crippen molar-refractivity contribution in [2.24, 2.45) is 0 Å². The summed E-state index contributed by atoms with van der Waals surface area (Å²) >= 11 is 6.79. The molecule has 1 aliphatic rings.